The van der Waals surface area contributed by atoms with Gasteiger partial charge in [-0.2, -0.15) is 0 Å². The van der Waals surface area contributed by atoms with Crippen molar-refractivity contribution in [2.45, 2.75) is 457 Å². The summed E-state index contributed by atoms with van der Waals surface area (Å²) in [5.41, 5.74) is 5.42. The summed E-state index contributed by atoms with van der Waals surface area (Å²) in [6.07, 6.45) is 97.6. The van der Waals surface area contributed by atoms with E-state index in [1.54, 1.807) is 0 Å². The maximum Gasteiger partial charge on any atom is 0.472 e. The highest BCUT2D eigenvalue weighted by Crippen LogP contribution is 2.43. The molecule has 0 aliphatic rings. The Morgan fingerprint density at radius 1 is 0.330 bits per heavy atom. The first-order valence-corrected chi connectivity index (χ1v) is 42.3. The van der Waals surface area contributed by atoms with Gasteiger partial charge in [0.15, 0.2) is 6.10 Å². The summed E-state index contributed by atoms with van der Waals surface area (Å²) in [5, 5.41) is 0. The molecule has 0 aliphatic heterocycles. The minimum Gasteiger partial charge on any atom is -0.462 e. The zero-order chi connectivity index (χ0) is 65.8. The SMILES string of the molecule is CCCCCCC/C=C\C/C=C\CCCCCCCCCCCCCCCCCCCCCCCCCCCC(=O)OC(COC(=O)CCCCCCCCCCCCCCCCCCCCCCCCCCCCCCCCCCC)COP(=O)(O)OCCN. The van der Waals surface area contributed by atoms with Crippen molar-refractivity contribution in [3.8, 4) is 0 Å². The first-order valence-electron chi connectivity index (χ1n) is 40.8. The van der Waals surface area contributed by atoms with Crippen LogP contribution in [-0.2, 0) is 32.7 Å². The number of ether oxygens (including phenoxy) is 2. The number of carbonyl (C=O) groups is 2. The second-order valence-electron chi connectivity index (χ2n) is 28.0. The van der Waals surface area contributed by atoms with Crippen LogP contribution in [0.15, 0.2) is 24.3 Å². The summed E-state index contributed by atoms with van der Waals surface area (Å²) in [6, 6.07) is 0. The third kappa shape index (κ3) is 77.4. The van der Waals surface area contributed by atoms with Gasteiger partial charge in [0.2, 0.25) is 0 Å². The normalized spacial score (nSPS) is 12.9. The first kappa shape index (κ1) is 89.5. The fourth-order valence-electron chi connectivity index (χ4n) is 12.8. The maximum atomic E-state index is 12.8. The van der Waals surface area contributed by atoms with E-state index in [1.807, 2.05) is 0 Å². The lowest BCUT2D eigenvalue weighted by Crippen LogP contribution is -2.29. The fourth-order valence-corrected chi connectivity index (χ4v) is 13.6. The number of allylic oxidation sites excluding steroid dienone is 4. The van der Waals surface area contributed by atoms with Crippen LogP contribution in [0, 0.1) is 0 Å². The molecule has 0 bridgehead atoms. The molecular weight excluding hydrogens is 1150 g/mol. The van der Waals surface area contributed by atoms with Crippen LogP contribution in [0.4, 0.5) is 0 Å². The number of hydrogen-bond acceptors (Lipinski definition) is 8. The van der Waals surface area contributed by atoms with Gasteiger partial charge < -0.3 is 20.1 Å². The minimum absolute atomic E-state index is 0.0577. The number of esters is 2. The Labute approximate surface area is 567 Å². The topological polar surface area (TPSA) is 134 Å². The van der Waals surface area contributed by atoms with Crippen LogP contribution in [0.3, 0.4) is 0 Å². The molecule has 0 radical (unpaired) electrons. The van der Waals surface area contributed by atoms with Gasteiger partial charge in [-0.3, -0.25) is 18.6 Å². The van der Waals surface area contributed by atoms with Crippen LogP contribution in [0.1, 0.15) is 450 Å². The summed E-state index contributed by atoms with van der Waals surface area (Å²) in [7, 11) is -4.39. The zero-order valence-corrected chi connectivity index (χ0v) is 62.0. The molecule has 10 heteroatoms. The van der Waals surface area contributed by atoms with Crippen molar-refractivity contribution in [1.29, 1.82) is 0 Å². The number of rotatable bonds is 79. The third-order valence-corrected chi connectivity index (χ3v) is 19.8. The second kappa shape index (κ2) is 77.5. The van der Waals surface area contributed by atoms with Gasteiger partial charge in [-0.25, -0.2) is 4.57 Å². The first-order chi connectivity index (χ1) is 44.8. The Morgan fingerprint density at radius 2 is 0.571 bits per heavy atom. The van der Waals surface area contributed by atoms with Crippen LogP contribution in [-0.4, -0.2) is 49.3 Å². The standard InChI is InChI=1S/C81H158NO8P/c1-3-5-7-9-11-13-15-17-19-21-23-25-27-29-31-33-35-37-38-39-40-42-44-46-48-50-52-54-56-58-60-62-64-66-68-70-72-74-81(84)90-79(78-89-91(85,86)88-76-75-82)77-87-80(83)73-71-69-67-65-63-61-59-57-55-53-51-49-47-45-43-41-36-34-32-30-28-26-24-22-20-18-16-14-12-10-8-6-4-2/h15,17,21,23,79H,3-14,16,18-20,22,24-78,82H2,1-2H3,(H,85,86)/b17-15-,23-21-. The largest absolute Gasteiger partial charge is 0.472 e. The lowest BCUT2D eigenvalue weighted by atomic mass is 10.0. The molecule has 0 rings (SSSR count). The van der Waals surface area contributed by atoms with Gasteiger partial charge in [-0.15, -0.1) is 0 Å². The monoisotopic (exact) mass is 1300 g/mol. The molecule has 2 atom stereocenters. The molecule has 9 nitrogen and oxygen atoms in total. The Bertz CT molecular complexity index is 1540. The summed E-state index contributed by atoms with van der Waals surface area (Å²) in [5.74, 6) is -0.797. The van der Waals surface area contributed by atoms with Gasteiger partial charge >= 0.3 is 19.8 Å². The lowest BCUT2D eigenvalue weighted by Gasteiger charge is -2.19. The second-order valence-corrected chi connectivity index (χ2v) is 29.5. The van der Waals surface area contributed by atoms with E-state index < -0.39 is 26.5 Å². The molecule has 0 spiro atoms. The Kier molecular flexibility index (Phi) is 76.2. The summed E-state index contributed by atoms with van der Waals surface area (Å²) < 4.78 is 33.3. The number of unbranched alkanes of at least 4 members (excludes halogenated alkanes) is 62. The molecule has 0 fully saturated rings. The number of phosphoric ester groups is 1. The lowest BCUT2D eigenvalue weighted by molar-refractivity contribution is -0.161. The van der Waals surface area contributed by atoms with Crippen molar-refractivity contribution in [1.82, 2.24) is 0 Å². The Hall–Kier alpha value is -1.51. The third-order valence-electron chi connectivity index (χ3n) is 18.8. The van der Waals surface area contributed by atoms with Crippen LogP contribution in [0.5, 0.6) is 0 Å². The summed E-state index contributed by atoms with van der Waals surface area (Å²) in [4.78, 5) is 35.5. The van der Waals surface area contributed by atoms with Crippen molar-refractivity contribution in [3.63, 3.8) is 0 Å². The van der Waals surface area contributed by atoms with Gasteiger partial charge in [-0.05, 0) is 44.9 Å². The van der Waals surface area contributed by atoms with Crippen molar-refractivity contribution >= 4 is 19.8 Å². The molecule has 0 aromatic rings. The van der Waals surface area contributed by atoms with E-state index >= 15 is 0 Å². The molecule has 91 heavy (non-hydrogen) atoms. The molecular formula is C81H158NO8P. The Morgan fingerprint density at radius 3 is 0.835 bits per heavy atom. The van der Waals surface area contributed by atoms with E-state index in [-0.39, 0.29) is 38.6 Å². The predicted molar refractivity (Wildman–Crippen MR) is 395 cm³/mol. The van der Waals surface area contributed by atoms with E-state index in [1.165, 1.54) is 379 Å². The Balaban J connectivity index is 3.73. The van der Waals surface area contributed by atoms with E-state index in [2.05, 4.69) is 38.2 Å². The van der Waals surface area contributed by atoms with E-state index in [0.717, 1.165) is 38.5 Å². The van der Waals surface area contributed by atoms with E-state index in [9.17, 15) is 19.0 Å². The van der Waals surface area contributed by atoms with Crippen molar-refractivity contribution in [3.05, 3.63) is 24.3 Å². The number of nitrogens with two attached hydrogens (primary N) is 1. The van der Waals surface area contributed by atoms with Crippen molar-refractivity contribution in [2.75, 3.05) is 26.4 Å². The van der Waals surface area contributed by atoms with Gasteiger partial charge in [0.05, 0.1) is 13.2 Å². The van der Waals surface area contributed by atoms with E-state index in [0.29, 0.717) is 6.42 Å². The molecule has 2 unspecified atom stereocenters. The quantitative estimate of drug-likeness (QED) is 0.0264. The summed E-state index contributed by atoms with van der Waals surface area (Å²) in [6.45, 7) is 3.83. The zero-order valence-electron chi connectivity index (χ0n) is 61.1. The molecule has 0 heterocycles. The van der Waals surface area contributed by atoms with Gasteiger partial charge in [0.25, 0.3) is 0 Å². The van der Waals surface area contributed by atoms with Crippen molar-refractivity contribution in [2.24, 2.45) is 5.73 Å². The predicted octanol–water partition coefficient (Wildman–Crippen LogP) is 27.2. The highest BCUT2D eigenvalue weighted by atomic mass is 31.2. The average Bonchev–Trinajstić information content (AvgIpc) is 3.74. The average molecular weight is 1310 g/mol. The molecule has 3 N–H and O–H groups in total. The summed E-state index contributed by atoms with van der Waals surface area (Å²) >= 11 is 0. The maximum absolute atomic E-state index is 12.8. The number of phosphoric acid groups is 1. The van der Waals surface area contributed by atoms with Gasteiger partial charge in [0.1, 0.15) is 6.61 Å². The highest BCUT2D eigenvalue weighted by Gasteiger charge is 2.26. The molecule has 0 saturated heterocycles. The fraction of sp³-hybridized carbons (Fsp3) is 0.926. The number of carbonyl (C=O) groups excluding carboxylic acids is 2. The van der Waals surface area contributed by atoms with Crippen LogP contribution in [0.2, 0.25) is 0 Å². The molecule has 0 amide bonds. The van der Waals surface area contributed by atoms with Crippen LogP contribution >= 0.6 is 7.82 Å². The molecule has 540 valence electrons. The molecule has 0 aromatic heterocycles. The molecule has 0 aliphatic carbocycles. The highest BCUT2D eigenvalue weighted by molar-refractivity contribution is 7.47. The smallest absolute Gasteiger partial charge is 0.462 e. The van der Waals surface area contributed by atoms with Gasteiger partial charge in [-0.1, -0.05) is 417 Å². The number of hydrogen-bond donors (Lipinski definition) is 2. The van der Waals surface area contributed by atoms with E-state index in [4.69, 9.17) is 24.3 Å². The van der Waals surface area contributed by atoms with Crippen LogP contribution < -0.4 is 5.73 Å². The molecule has 0 aromatic carbocycles. The minimum atomic E-state index is -4.39. The van der Waals surface area contributed by atoms with Crippen LogP contribution in [0.25, 0.3) is 0 Å². The van der Waals surface area contributed by atoms with Crippen molar-refractivity contribution < 1.29 is 37.6 Å². The van der Waals surface area contributed by atoms with Gasteiger partial charge in [0, 0.05) is 19.4 Å². The molecule has 0 saturated carbocycles.